The van der Waals surface area contributed by atoms with E-state index in [0.29, 0.717) is 11.7 Å². The molecule has 0 fully saturated rings. The van der Waals surface area contributed by atoms with Gasteiger partial charge in [0.15, 0.2) is 5.82 Å². The van der Waals surface area contributed by atoms with E-state index in [9.17, 15) is 0 Å². The monoisotopic (exact) mass is 341 g/mol. The highest BCUT2D eigenvalue weighted by molar-refractivity contribution is 5.90. The molecular formula is C21H19N5. The van der Waals surface area contributed by atoms with Gasteiger partial charge in [-0.05, 0) is 47.9 Å². The number of anilines is 1. The molecule has 3 heterocycles. The Hall–Kier alpha value is -3.34. The summed E-state index contributed by atoms with van der Waals surface area (Å²) in [6, 6.07) is 16.0. The number of hydrogen-bond acceptors (Lipinski definition) is 5. The Morgan fingerprint density at radius 3 is 2.31 bits per heavy atom. The third-order valence-corrected chi connectivity index (χ3v) is 4.39. The third-order valence-electron chi connectivity index (χ3n) is 4.39. The highest BCUT2D eigenvalue weighted by Gasteiger charge is 2.11. The second-order valence-electron chi connectivity index (χ2n) is 6.21. The molecule has 5 nitrogen and oxygen atoms in total. The van der Waals surface area contributed by atoms with Gasteiger partial charge in [-0.15, -0.1) is 0 Å². The van der Waals surface area contributed by atoms with Gasteiger partial charge in [-0.1, -0.05) is 19.1 Å². The summed E-state index contributed by atoms with van der Waals surface area (Å²) in [6.45, 7) is 2.97. The molecule has 1 unspecified atom stereocenters. The second kappa shape index (κ2) is 7.27. The first-order chi connectivity index (χ1) is 12.8. The minimum Gasteiger partial charge on any atom is -0.369 e. The number of fused-ring (bicyclic) bond motifs is 1. The van der Waals surface area contributed by atoms with Gasteiger partial charge < -0.3 is 5.32 Å². The van der Waals surface area contributed by atoms with E-state index in [1.54, 1.807) is 12.4 Å². The van der Waals surface area contributed by atoms with Gasteiger partial charge in [0.05, 0.1) is 5.52 Å². The topological polar surface area (TPSA) is 63.6 Å². The van der Waals surface area contributed by atoms with Crippen molar-refractivity contribution < 1.29 is 0 Å². The van der Waals surface area contributed by atoms with Crippen LogP contribution < -0.4 is 5.32 Å². The normalized spacial score (nSPS) is 12.0. The predicted molar refractivity (Wildman–Crippen MR) is 104 cm³/mol. The molecule has 4 rings (SSSR count). The Morgan fingerprint density at radius 2 is 1.54 bits per heavy atom. The van der Waals surface area contributed by atoms with E-state index >= 15 is 0 Å². The maximum atomic E-state index is 4.77. The molecule has 1 aromatic carbocycles. The van der Waals surface area contributed by atoms with Crippen LogP contribution in [0.2, 0.25) is 0 Å². The van der Waals surface area contributed by atoms with Crippen molar-refractivity contribution in [1.82, 2.24) is 19.9 Å². The van der Waals surface area contributed by atoms with Gasteiger partial charge in [-0.3, -0.25) is 9.97 Å². The number of pyridine rings is 2. The van der Waals surface area contributed by atoms with Crippen molar-refractivity contribution in [2.24, 2.45) is 0 Å². The van der Waals surface area contributed by atoms with Gasteiger partial charge in [0.1, 0.15) is 5.82 Å². The van der Waals surface area contributed by atoms with Crippen molar-refractivity contribution in [2.45, 2.75) is 12.8 Å². The summed E-state index contributed by atoms with van der Waals surface area (Å²) in [5.74, 6) is 1.89. The molecule has 0 saturated heterocycles. The summed E-state index contributed by atoms with van der Waals surface area (Å²) in [4.78, 5) is 17.6. The third kappa shape index (κ3) is 3.37. The van der Waals surface area contributed by atoms with Crippen LogP contribution in [0, 0.1) is 0 Å². The number of benzene rings is 1. The van der Waals surface area contributed by atoms with Crippen LogP contribution in [0.15, 0.2) is 73.3 Å². The first-order valence-corrected chi connectivity index (χ1v) is 8.62. The van der Waals surface area contributed by atoms with Gasteiger partial charge in [0, 0.05) is 42.3 Å². The molecule has 0 radical (unpaired) electrons. The summed E-state index contributed by atoms with van der Waals surface area (Å²) in [5.41, 5.74) is 3.13. The summed E-state index contributed by atoms with van der Waals surface area (Å²) in [7, 11) is 0. The molecule has 0 aliphatic heterocycles. The fourth-order valence-electron chi connectivity index (χ4n) is 2.90. The maximum Gasteiger partial charge on any atom is 0.162 e. The highest BCUT2D eigenvalue weighted by Crippen LogP contribution is 2.25. The first kappa shape index (κ1) is 16.1. The average Bonchev–Trinajstić information content (AvgIpc) is 2.73. The standard InChI is InChI=1S/C21H19N5/c1-15(16-6-10-22-11-7-16)14-24-21-18-4-2-3-5-19(18)25-20(26-21)17-8-12-23-13-9-17/h2-13,15H,14H2,1H3,(H,24,25,26). The zero-order valence-corrected chi connectivity index (χ0v) is 14.5. The van der Waals surface area contributed by atoms with Gasteiger partial charge in [-0.2, -0.15) is 0 Å². The van der Waals surface area contributed by atoms with E-state index < -0.39 is 0 Å². The van der Waals surface area contributed by atoms with Gasteiger partial charge in [-0.25, -0.2) is 9.97 Å². The van der Waals surface area contributed by atoms with Crippen molar-refractivity contribution in [3.8, 4) is 11.4 Å². The van der Waals surface area contributed by atoms with Crippen LogP contribution in [0.4, 0.5) is 5.82 Å². The minimum absolute atomic E-state index is 0.344. The van der Waals surface area contributed by atoms with Crippen LogP contribution in [0.25, 0.3) is 22.3 Å². The Morgan fingerprint density at radius 1 is 0.846 bits per heavy atom. The van der Waals surface area contributed by atoms with Crippen LogP contribution in [-0.2, 0) is 0 Å². The Kier molecular flexibility index (Phi) is 4.51. The molecule has 0 amide bonds. The molecule has 3 aromatic heterocycles. The zero-order valence-electron chi connectivity index (χ0n) is 14.5. The molecule has 0 saturated carbocycles. The number of nitrogens with zero attached hydrogens (tertiary/aromatic N) is 4. The number of hydrogen-bond donors (Lipinski definition) is 1. The fraction of sp³-hybridized carbons (Fsp3) is 0.143. The summed E-state index contributed by atoms with van der Waals surface area (Å²) < 4.78 is 0. The molecule has 1 N–H and O–H groups in total. The van der Waals surface area contributed by atoms with Crippen molar-refractivity contribution in [3.63, 3.8) is 0 Å². The van der Waals surface area contributed by atoms with E-state index in [0.717, 1.165) is 28.8 Å². The zero-order chi connectivity index (χ0) is 17.8. The quantitative estimate of drug-likeness (QED) is 0.586. The SMILES string of the molecule is CC(CNc1nc(-c2ccncc2)nc2ccccc12)c1ccncc1. The lowest BCUT2D eigenvalue weighted by Crippen LogP contribution is -2.12. The molecule has 0 aliphatic carbocycles. The molecule has 5 heteroatoms. The van der Waals surface area contributed by atoms with Crippen molar-refractivity contribution in [3.05, 3.63) is 78.9 Å². The summed E-state index contributed by atoms with van der Waals surface area (Å²) >= 11 is 0. The summed E-state index contributed by atoms with van der Waals surface area (Å²) in [5, 5.41) is 4.53. The number of para-hydroxylation sites is 1. The minimum atomic E-state index is 0.344. The van der Waals surface area contributed by atoms with Gasteiger partial charge >= 0.3 is 0 Å². The predicted octanol–water partition coefficient (Wildman–Crippen LogP) is 4.30. The number of nitrogens with one attached hydrogen (secondary N) is 1. The molecule has 4 aromatic rings. The van der Waals surface area contributed by atoms with Crippen molar-refractivity contribution in [1.29, 1.82) is 0 Å². The Bertz CT molecular complexity index is 1000. The Balaban J connectivity index is 1.67. The van der Waals surface area contributed by atoms with Crippen molar-refractivity contribution in [2.75, 3.05) is 11.9 Å². The van der Waals surface area contributed by atoms with Crippen LogP contribution in [0.1, 0.15) is 18.4 Å². The van der Waals surface area contributed by atoms with Gasteiger partial charge in [0.25, 0.3) is 0 Å². The van der Waals surface area contributed by atoms with Crippen LogP contribution in [0.5, 0.6) is 0 Å². The molecule has 0 spiro atoms. The van der Waals surface area contributed by atoms with Crippen LogP contribution in [0.3, 0.4) is 0 Å². The van der Waals surface area contributed by atoms with E-state index in [2.05, 4.69) is 22.2 Å². The van der Waals surface area contributed by atoms with E-state index in [1.165, 1.54) is 5.56 Å². The Labute approximate surface area is 152 Å². The lowest BCUT2D eigenvalue weighted by Gasteiger charge is -2.15. The average molecular weight is 341 g/mol. The first-order valence-electron chi connectivity index (χ1n) is 8.62. The smallest absolute Gasteiger partial charge is 0.162 e. The molecule has 1 atom stereocenters. The number of aromatic nitrogens is 4. The van der Waals surface area contributed by atoms with Crippen LogP contribution >= 0.6 is 0 Å². The maximum absolute atomic E-state index is 4.77. The van der Waals surface area contributed by atoms with Crippen molar-refractivity contribution >= 4 is 16.7 Å². The molecule has 26 heavy (non-hydrogen) atoms. The van der Waals surface area contributed by atoms with Crippen LogP contribution in [-0.4, -0.2) is 26.5 Å². The molecule has 128 valence electrons. The fourth-order valence-corrected chi connectivity index (χ4v) is 2.90. The van der Waals surface area contributed by atoms with E-state index in [4.69, 9.17) is 9.97 Å². The lowest BCUT2D eigenvalue weighted by atomic mass is 10.0. The second-order valence-corrected chi connectivity index (χ2v) is 6.21. The van der Waals surface area contributed by atoms with Gasteiger partial charge in [0.2, 0.25) is 0 Å². The lowest BCUT2D eigenvalue weighted by molar-refractivity contribution is 0.800. The molecular weight excluding hydrogens is 322 g/mol. The highest BCUT2D eigenvalue weighted by atomic mass is 15.0. The summed E-state index contributed by atoms with van der Waals surface area (Å²) in [6.07, 6.45) is 7.17. The van der Waals surface area contributed by atoms with E-state index in [1.807, 2.05) is 60.9 Å². The molecule has 0 bridgehead atoms. The number of rotatable bonds is 5. The van der Waals surface area contributed by atoms with E-state index in [-0.39, 0.29) is 0 Å². The largest absolute Gasteiger partial charge is 0.369 e. The molecule has 0 aliphatic rings.